The van der Waals surface area contributed by atoms with Gasteiger partial charge in [-0.1, -0.05) is 52.4 Å². The molecule has 0 aliphatic carbocycles. The monoisotopic (exact) mass is 244 g/mol. The number of unbranched alkanes of at least 4 members (excludes halogenated alkanes) is 4. The van der Waals surface area contributed by atoms with E-state index in [1.165, 1.54) is 38.5 Å². The van der Waals surface area contributed by atoms with Crippen LogP contribution in [0.2, 0.25) is 0 Å². The van der Waals surface area contributed by atoms with Gasteiger partial charge >= 0.3 is 0 Å². The van der Waals surface area contributed by atoms with Gasteiger partial charge in [-0.05, 0) is 12.8 Å². The summed E-state index contributed by atoms with van der Waals surface area (Å²) in [7, 11) is 0. The number of halogens is 1. The minimum absolute atomic E-state index is 0.192. The standard InChI is InChI=1S/C15H29FO/c1-3-5-7-9-14-11-13(16)12-15(17-14)10-8-6-4-2/h13-15H,3-12H2,1-2H3/t13?,14-,15+. The normalized spacial score (nSPS) is 29.5. The Morgan fingerprint density at radius 2 is 1.35 bits per heavy atom. The zero-order valence-corrected chi connectivity index (χ0v) is 11.6. The Morgan fingerprint density at radius 1 is 0.882 bits per heavy atom. The van der Waals surface area contributed by atoms with Crippen molar-refractivity contribution in [1.82, 2.24) is 0 Å². The zero-order valence-electron chi connectivity index (χ0n) is 11.6. The van der Waals surface area contributed by atoms with E-state index in [9.17, 15) is 4.39 Å². The number of hydrogen-bond acceptors (Lipinski definition) is 1. The van der Waals surface area contributed by atoms with E-state index in [0.717, 1.165) is 12.8 Å². The van der Waals surface area contributed by atoms with Crippen molar-refractivity contribution in [3.05, 3.63) is 0 Å². The van der Waals surface area contributed by atoms with Crippen molar-refractivity contribution in [3.8, 4) is 0 Å². The second-order valence-corrected chi connectivity index (χ2v) is 5.44. The first-order valence-corrected chi connectivity index (χ1v) is 7.55. The van der Waals surface area contributed by atoms with Gasteiger partial charge in [0, 0.05) is 12.8 Å². The lowest BCUT2D eigenvalue weighted by Crippen LogP contribution is -2.33. The van der Waals surface area contributed by atoms with Crippen molar-refractivity contribution in [2.75, 3.05) is 0 Å². The SMILES string of the molecule is CCCCC[C@@H]1CC(F)C[C@H](CCCCC)O1. The summed E-state index contributed by atoms with van der Waals surface area (Å²) in [6, 6.07) is 0. The molecule has 0 N–H and O–H groups in total. The Kier molecular flexibility index (Phi) is 7.83. The maximum atomic E-state index is 13.6. The minimum Gasteiger partial charge on any atom is -0.375 e. The smallest absolute Gasteiger partial charge is 0.105 e. The summed E-state index contributed by atoms with van der Waals surface area (Å²) >= 11 is 0. The van der Waals surface area contributed by atoms with Crippen LogP contribution in [0.25, 0.3) is 0 Å². The van der Waals surface area contributed by atoms with Gasteiger partial charge in [0.1, 0.15) is 6.17 Å². The van der Waals surface area contributed by atoms with Gasteiger partial charge in [-0.15, -0.1) is 0 Å². The Hall–Kier alpha value is -0.110. The molecule has 1 saturated heterocycles. The second kappa shape index (κ2) is 8.91. The van der Waals surface area contributed by atoms with Crippen molar-refractivity contribution in [1.29, 1.82) is 0 Å². The van der Waals surface area contributed by atoms with Crippen molar-refractivity contribution in [3.63, 3.8) is 0 Å². The van der Waals surface area contributed by atoms with Gasteiger partial charge in [0.15, 0.2) is 0 Å². The highest BCUT2D eigenvalue weighted by atomic mass is 19.1. The molecule has 17 heavy (non-hydrogen) atoms. The first-order valence-electron chi connectivity index (χ1n) is 7.55. The van der Waals surface area contributed by atoms with Crippen LogP contribution < -0.4 is 0 Å². The van der Waals surface area contributed by atoms with Crippen LogP contribution in [0, 0.1) is 0 Å². The summed E-state index contributed by atoms with van der Waals surface area (Å²) in [6.07, 6.45) is 10.5. The lowest BCUT2D eigenvalue weighted by atomic mass is 9.95. The molecular formula is C15H29FO. The molecule has 0 bridgehead atoms. The van der Waals surface area contributed by atoms with Gasteiger partial charge in [0.2, 0.25) is 0 Å². The molecule has 3 atom stereocenters. The second-order valence-electron chi connectivity index (χ2n) is 5.44. The Balaban J connectivity index is 2.21. The third-order valence-electron chi connectivity index (χ3n) is 3.68. The van der Waals surface area contributed by atoms with Crippen molar-refractivity contribution in [2.24, 2.45) is 0 Å². The molecular weight excluding hydrogens is 215 g/mol. The summed E-state index contributed by atoms with van der Waals surface area (Å²) in [5.74, 6) is 0. The van der Waals surface area contributed by atoms with E-state index in [2.05, 4.69) is 13.8 Å². The fraction of sp³-hybridized carbons (Fsp3) is 1.00. The molecule has 1 heterocycles. The van der Waals surface area contributed by atoms with Gasteiger partial charge in [-0.2, -0.15) is 0 Å². The Morgan fingerprint density at radius 3 is 1.76 bits per heavy atom. The van der Waals surface area contributed by atoms with Crippen LogP contribution in [0.15, 0.2) is 0 Å². The quantitative estimate of drug-likeness (QED) is 0.544. The zero-order chi connectivity index (χ0) is 12.5. The molecule has 0 aromatic carbocycles. The number of alkyl halides is 1. The largest absolute Gasteiger partial charge is 0.375 e. The predicted octanol–water partition coefficient (Wildman–Crippen LogP) is 5.03. The molecule has 102 valence electrons. The first kappa shape index (κ1) is 14.9. The Labute approximate surface area is 106 Å². The third-order valence-corrected chi connectivity index (χ3v) is 3.68. The summed E-state index contributed by atoms with van der Waals surface area (Å²) in [5.41, 5.74) is 0. The van der Waals surface area contributed by atoms with Crippen LogP contribution >= 0.6 is 0 Å². The molecule has 0 radical (unpaired) electrons. The summed E-state index contributed by atoms with van der Waals surface area (Å²) in [5, 5.41) is 0. The van der Waals surface area contributed by atoms with Crippen molar-refractivity contribution in [2.45, 2.75) is 96.4 Å². The van der Waals surface area contributed by atoms with Crippen molar-refractivity contribution < 1.29 is 9.13 Å². The van der Waals surface area contributed by atoms with E-state index in [1.54, 1.807) is 0 Å². The fourth-order valence-electron chi connectivity index (χ4n) is 2.67. The van der Waals surface area contributed by atoms with Crippen LogP contribution in [0.1, 0.15) is 78.1 Å². The fourth-order valence-corrected chi connectivity index (χ4v) is 2.67. The van der Waals surface area contributed by atoms with E-state index < -0.39 is 6.17 Å². The van der Waals surface area contributed by atoms with E-state index in [1.807, 2.05) is 0 Å². The van der Waals surface area contributed by atoms with Gasteiger partial charge < -0.3 is 4.74 Å². The van der Waals surface area contributed by atoms with E-state index in [4.69, 9.17) is 4.74 Å². The first-order chi connectivity index (χ1) is 8.26. The molecule has 0 spiro atoms. The van der Waals surface area contributed by atoms with Gasteiger partial charge in [0.05, 0.1) is 12.2 Å². The molecule has 1 aliphatic rings. The molecule has 1 nitrogen and oxygen atoms in total. The molecule has 0 saturated carbocycles. The van der Waals surface area contributed by atoms with Crippen LogP contribution in [0.3, 0.4) is 0 Å². The maximum absolute atomic E-state index is 13.6. The van der Waals surface area contributed by atoms with Crippen molar-refractivity contribution >= 4 is 0 Å². The number of hydrogen-bond donors (Lipinski definition) is 0. The molecule has 0 amide bonds. The average molecular weight is 244 g/mol. The topological polar surface area (TPSA) is 9.23 Å². The lowest BCUT2D eigenvalue weighted by Gasteiger charge is -2.32. The van der Waals surface area contributed by atoms with Crippen LogP contribution in [-0.2, 0) is 4.74 Å². The van der Waals surface area contributed by atoms with Crippen LogP contribution in [0.5, 0.6) is 0 Å². The number of rotatable bonds is 8. The molecule has 0 aromatic heterocycles. The molecule has 1 aliphatic heterocycles. The molecule has 0 aromatic rings. The predicted molar refractivity (Wildman–Crippen MR) is 71.1 cm³/mol. The van der Waals surface area contributed by atoms with E-state index in [-0.39, 0.29) is 12.2 Å². The van der Waals surface area contributed by atoms with Gasteiger partial charge in [-0.3, -0.25) is 0 Å². The minimum atomic E-state index is -0.623. The Bertz CT molecular complexity index is 166. The highest BCUT2D eigenvalue weighted by Crippen LogP contribution is 2.28. The van der Waals surface area contributed by atoms with E-state index >= 15 is 0 Å². The third kappa shape index (κ3) is 6.40. The van der Waals surface area contributed by atoms with Crippen LogP contribution in [0.4, 0.5) is 4.39 Å². The molecule has 2 heteroatoms. The van der Waals surface area contributed by atoms with Crippen LogP contribution in [-0.4, -0.2) is 18.4 Å². The van der Waals surface area contributed by atoms with Gasteiger partial charge in [-0.25, -0.2) is 4.39 Å². The summed E-state index contributed by atoms with van der Waals surface area (Å²) in [6.45, 7) is 4.40. The summed E-state index contributed by atoms with van der Waals surface area (Å²) in [4.78, 5) is 0. The maximum Gasteiger partial charge on any atom is 0.105 e. The number of ether oxygens (including phenoxy) is 1. The highest BCUT2D eigenvalue weighted by Gasteiger charge is 2.28. The molecule has 1 rings (SSSR count). The lowest BCUT2D eigenvalue weighted by molar-refractivity contribution is -0.0837. The van der Waals surface area contributed by atoms with E-state index in [0.29, 0.717) is 12.8 Å². The highest BCUT2D eigenvalue weighted by molar-refractivity contribution is 4.77. The average Bonchev–Trinajstić information content (AvgIpc) is 2.29. The molecule has 1 fully saturated rings. The molecule has 1 unspecified atom stereocenters. The summed E-state index contributed by atoms with van der Waals surface area (Å²) < 4.78 is 19.6. The van der Waals surface area contributed by atoms with Gasteiger partial charge in [0.25, 0.3) is 0 Å².